The minimum absolute atomic E-state index is 0.140. The van der Waals surface area contributed by atoms with E-state index in [1.165, 1.54) is 0 Å². The molecule has 1 atom stereocenters. The zero-order chi connectivity index (χ0) is 18.9. The van der Waals surface area contributed by atoms with Crippen molar-refractivity contribution in [1.82, 2.24) is 0 Å². The molecule has 3 aromatic carbocycles. The first-order valence-electron chi connectivity index (χ1n) is 8.90. The van der Waals surface area contributed by atoms with E-state index in [0.717, 1.165) is 22.3 Å². The van der Waals surface area contributed by atoms with Gasteiger partial charge >= 0.3 is 0 Å². The summed E-state index contributed by atoms with van der Waals surface area (Å²) < 4.78 is 22.2. The maximum atomic E-state index is 10.2. The molecule has 0 heterocycles. The fourth-order valence-electron chi connectivity index (χ4n) is 2.67. The number of fused-ring (bicyclic) bond motifs is 1. The third-order valence-electron chi connectivity index (χ3n) is 4.01. The SMILES string of the molecule is COCCOc1ccc(OCC(O)COc2ccccc2)c2ccccc12. The second-order valence-electron chi connectivity index (χ2n) is 6.04. The molecule has 1 N–H and O–H groups in total. The van der Waals surface area contributed by atoms with Gasteiger partial charge in [-0.1, -0.05) is 42.5 Å². The Bertz CT molecular complexity index is 834. The largest absolute Gasteiger partial charge is 0.491 e. The molecular weight excluding hydrogens is 344 g/mol. The first-order chi connectivity index (χ1) is 13.3. The Labute approximate surface area is 159 Å². The quantitative estimate of drug-likeness (QED) is 0.553. The van der Waals surface area contributed by atoms with Gasteiger partial charge in [0.15, 0.2) is 0 Å². The lowest BCUT2D eigenvalue weighted by Gasteiger charge is -2.16. The molecule has 0 amide bonds. The minimum atomic E-state index is -0.735. The van der Waals surface area contributed by atoms with Crippen molar-refractivity contribution in [1.29, 1.82) is 0 Å². The van der Waals surface area contributed by atoms with Crippen molar-refractivity contribution in [2.24, 2.45) is 0 Å². The van der Waals surface area contributed by atoms with Crippen LogP contribution in [0.2, 0.25) is 0 Å². The summed E-state index contributed by atoms with van der Waals surface area (Å²) >= 11 is 0. The molecule has 0 fully saturated rings. The van der Waals surface area contributed by atoms with E-state index >= 15 is 0 Å². The highest BCUT2D eigenvalue weighted by Crippen LogP contribution is 2.33. The number of benzene rings is 3. The van der Waals surface area contributed by atoms with Gasteiger partial charge in [-0.15, -0.1) is 0 Å². The van der Waals surface area contributed by atoms with Crippen LogP contribution in [0.25, 0.3) is 10.8 Å². The van der Waals surface area contributed by atoms with Gasteiger partial charge in [0.05, 0.1) is 6.61 Å². The Morgan fingerprint density at radius 3 is 1.96 bits per heavy atom. The molecule has 0 spiro atoms. The highest BCUT2D eigenvalue weighted by molar-refractivity contribution is 5.93. The predicted molar refractivity (Wildman–Crippen MR) is 105 cm³/mol. The standard InChI is InChI=1S/C22H24O5/c1-24-13-14-25-21-11-12-22(20-10-6-5-9-19(20)21)27-16-17(23)15-26-18-7-3-2-4-8-18/h2-12,17,23H,13-16H2,1H3. The highest BCUT2D eigenvalue weighted by Gasteiger charge is 2.11. The number of aliphatic hydroxyl groups excluding tert-OH is 1. The maximum Gasteiger partial charge on any atom is 0.127 e. The Morgan fingerprint density at radius 2 is 1.30 bits per heavy atom. The van der Waals surface area contributed by atoms with Crippen molar-refractivity contribution in [3.05, 3.63) is 66.7 Å². The molecule has 5 nitrogen and oxygen atoms in total. The van der Waals surface area contributed by atoms with Crippen LogP contribution >= 0.6 is 0 Å². The topological polar surface area (TPSA) is 57.2 Å². The molecule has 0 aliphatic heterocycles. The van der Waals surface area contributed by atoms with E-state index in [9.17, 15) is 5.11 Å². The molecule has 0 radical (unpaired) electrons. The first-order valence-corrected chi connectivity index (χ1v) is 8.90. The average molecular weight is 368 g/mol. The van der Waals surface area contributed by atoms with Crippen molar-refractivity contribution in [3.8, 4) is 17.2 Å². The number of hydrogen-bond donors (Lipinski definition) is 1. The van der Waals surface area contributed by atoms with Gasteiger partial charge in [0, 0.05) is 17.9 Å². The van der Waals surface area contributed by atoms with Crippen LogP contribution in [0.4, 0.5) is 0 Å². The van der Waals surface area contributed by atoms with E-state index in [1.54, 1.807) is 7.11 Å². The summed E-state index contributed by atoms with van der Waals surface area (Å²) in [5, 5.41) is 12.0. The first kappa shape index (κ1) is 19.0. The summed E-state index contributed by atoms with van der Waals surface area (Å²) in [6.07, 6.45) is -0.735. The van der Waals surface area contributed by atoms with Crippen LogP contribution in [0.3, 0.4) is 0 Å². The monoisotopic (exact) mass is 368 g/mol. The summed E-state index contributed by atoms with van der Waals surface area (Å²) in [4.78, 5) is 0. The zero-order valence-corrected chi connectivity index (χ0v) is 15.3. The van der Waals surface area contributed by atoms with Crippen molar-refractivity contribution in [2.75, 3.05) is 33.5 Å². The van der Waals surface area contributed by atoms with Gasteiger partial charge in [-0.2, -0.15) is 0 Å². The summed E-state index contributed by atoms with van der Waals surface area (Å²) in [7, 11) is 1.64. The van der Waals surface area contributed by atoms with Gasteiger partial charge in [-0.05, 0) is 24.3 Å². The number of aliphatic hydroxyl groups is 1. The summed E-state index contributed by atoms with van der Waals surface area (Å²) in [5.74, 6) is 2.20. The lowest BCUT2D eigenvalue weighted by Crippen LogP contribution is -2.25. The predicted octanol–water partition coefficient (Wildman–Crippen LogP) is 3.68. The molecular formula is C22H24O5. The Kier molecular flexibility index (Phi) is 6.90. The Balaban J connectivity index is 1.62. The van der Waals surface area contributed by atoms with E-state index in [2.05, 4.69) is 0 Å². The van der Waals surface area contributed by atoms with Crippen LogP contribution in [-0.2, 0) is 4.74 Å². The Morgan fingerprint density at radius 1 is 0.704 bits per heavy atom. The average Bonchev–Trinajstić information content (AvgIpc) is 2.72. The maximum absolute atomic E-state index is 10.2. The van der Waals surface area contributed by atoms with Gasteiger partial charge in [-0.25, -0.2) is 0 Å². The van der Waals surface area contributed by atoms with Crippen LogP contribution in [0.1, 0.15) is 0 Å². The van der Waals surface area contributed by atoms with Gasteiger partial charge in [-0.3, -0.25) is 0 Å². The second kappa shape index (κ2) is 9.80. The lowest BCUT2D eigenvalue weighted by molar-refractivity contribution is 0.0631. The van der Waals surface area contributed by atoms with Crippen molar-refractivity contribution >= 4 is 10.8 Å². The van der Waals surface area contributed by atoms with Crippen molar-refractivity contribution in [2.45, 2.75) is 6.10 Å². The van der Waals surface area contributed by atoms with Crippen molar-refractivity contribution < 1.29 is 24.1 Å². The number of hydrogen-bond acceptors (Lipinski definition) is 5. The fourth-order valence-corrected chi connectivity index (χ4v) is 2.67. The molecule has 0 aromatic heterocycles. The molecule has 1 unspecified atom stereocenters. The number of para-hydroxylation sites is 1. The van der Waals surface area contributed by atoms with Gasteiger partial charge in [0.1, 0.15) is 43.2 Å². The molecule has 3 rings (SSSR count). The van der Waals surface area contributed by atoms with E-state index in [4.69, 9.17) is 18.9 Å². The zero-order valence-electron chi connectivity index (χ0n) is 15.3. The van der Waals surface area contributed by atoms with E-state index in [1.807, 2.05) is 66.7 Å². The molecule has 5 heteroatoms. The molecule has 0 saturated heterocycles. The minimum Gasteiger partial charge on any atom is -0.491 e. The van der Waals surface area contributed by atoms with Crippen molar-refractivity contribution in [3.63, 3.8) is 0 Å². The number of rotatable bonds is 10. The van der Waals surface area contributed by atoms with Crippen LogP contribution < -0.4 is 14.2 Å². The molecule has 0 saturated carbocycles. The van der Waals surface area contributed by atoms with E-state index < -0.39 is 6.10 Å². The van der Waals surface area contributed by atoms with E-state index in [-0.39, 0.29) is 13.2 Å². The van der Waals surface area contributed by atoms with Gasteiger partial charge in [0.2, 0.25) is 0 Å². The number of ether oxygens (including phenoxy) is 4. The summed E-state index contributed by atoms with van der Waals surface area (Å²) in [5.41, 5.74) is 0. The van der Waals surface area contributed by atoms with Crippen LogP contribution in [0.5, 0.6) is 17.2 Å². The molecule has 0 aliphatic rings. The lowest BCUT2D eigenvalue weighted by atomic mass is 10.1. The summed E-state index contributed by atoms with van der Waals surface area (Å²) in [6, 6.07) is 21.0. The molecule has 3 aromatic rings. The molecule has 142 valence electrons. The molecule has 0 aliphatic carbocycles. The van der Waals surface area contributed by atoms with Crippen LogP contribution in [0, 0.1) is 0 Å². The second-order valence-corrected chi connectivity index (χ2v) is 6.04. The van der Waals surface area contributed by atoms with Gasteiger partial charge < -0.3 is 24.1 Å². The number of methoxy groups -OCH3 is 1. The third kappa shape index (κ3) is 5.36. The molecule has 27 heavy (non-hydrogen) atoms. The highest BCUT2D eigenvalue weighted by atomic mass is 16.5. The fraction of sp³-hybridized carbons (Fsp3) is 0.273. The molecule has 0 bridgehead atoms. The van der Waals surface area contributed by atoms with Crippen LogP contribution in [0.15, 0.2) is 66.7 Å². The van der Waals surface area contributed by atoms with Gasteiger partial charge in [0.25, 0.3) is 0 Å². The third-order valence-corrected chi connectivity index (χ3v) is 4.01. The Hall–Kier alpha value is -2.76. The van der Waals surface area contributed by atoms with E-state index in [0.29, 0.717) is 19.0 Å². The summed E-state index contributed by atoms with van der Waals surface area (Å²) in [6.45, 7) is 1.32. The normalized spacial score (nSPS) is 11.9. The van der Waals surface area contributed by atoms with Crippen LogP contribution in [-0.4, -0.2) is 44.7 Å². The smallest absolute Gasteiger partial charge is 0.127 e.